The Morgan fingerprint density at radius 1 is 0.882 bits per heavy atom. The third-order valence-corrected chi connectivity index (χ3v) is 3.64. The molecule has 0 bridgehead atoms. The first-order valence-corrected chi connectivity index (χ1v) is 6.23. The van der Waals surface area contributed by atoms with Gasteiger partial charge < -0.3 is 10.7 Å². The van der Waals surface area contributed by atoms with Gasteiger partial charge in [-0.2, -0.15) is 0 Å². The van der Waals surface area contributed by atoms with Gasteiger partial charge in [-0.3, -0.25) is 0 Å². The third kappa shape index (κ3) is 2.15. The Bertz CT molecular complexity index is 641. The van der Waals surface area contributed by atoms with Gasteiger partial charge in [0, 0.05) is 32.6 Å². The van der Waals surface area contributed by atoms with Crippen LogP contribution in [0.5, 0.6) is 0 Å². The SMILES string of the molecule is Nc1ccc(Sc2ccc3[nH]ccc3c2)cc1. The number of nitrogens with one attached hydrogen (secondary N) is 1. The molecule has 0 radical (unpaired) electrons. The van der Waals surface area contributed by atoms with Gasteiger partial charge in [0.2, 0.25) is 0 Å². The quantitative estimate of drug-likeness (QED) is 0.667. The zero-order valence-electron chi connectivity index (χ0n) is 9.18. The molecule has 0 unspecified atom stereocenters. The molecule has 0 amide bonds. The first kappa shape index (κ1) is 10.3. The maximum absolute atomic E-state index is 5.67. The molecule has 2 aromatic carbocycles. The molecule has 3 N–H and O–H groups in total. The highest BCUT2D eigenvalue weighted by molar-refractivity contribution is 7.99. The smallest absolute Gasteiger partial charge is 0.0454 e. The molecule has 3 rings (SSSR count). The number of H-pyrrole nitrogens is 1. The zero-order valence-corrected chi connectivity index (χ0v) is 10.00. The third-order valence-electron chi connectivity index (χ3n) is 2.64. The fraction of sp³-hybridized carbons (Fsp3) is 0. The van der Waals surface area contributed by atoms with Gasteiger partial charge in [0.15, 0.2) is 0 Å². The lowest BCUT2D eigenvalue weighted by Gasteiger charge is -2.02. The van der Waals surface area contributed by atoms with E-state index >= 15 is 0 Å². The highest BCUT2D eigenvalue weighted by Gasteiger charge is 1.99. The Labute approximate surface area is 104 Å². The molecule has 1 heterocycles. The average Bonchev–Trinajstić information content (AvgIpc) is 2.79. The van der Waals surface area contributed by atoms with Gasteiger partial charge in [-0.05, 0) is 48.5 Å². The van der Waals surface area contributed by atoms with Gasteiger partial charge >= 0.3 is 0 Å². The number of benzene rings is 2. The first-order valence-electron chi connectivity index (χ1n) is 5.42. The van der Waals surface area contributed by atoms with Crippen LogP contribution in [0.25, 0.3) is 10.9 Å². The van der Waals surface area contributed by atoms with Gasteiger partial charge in [-0.25, -0.2) is 0 Å². The molecule has 84 valence electrons. The monoisotopic (exact) mass is 240 g/mol. The standard InChI is InChI=1S/C14H12N2S/c15-11-1-3-12(4-2-11)17-13-5-6-14-10(9-13)7-8-16-14/h1-9,16H,15H2. The molecule has 0 aliphatic rings. The molecule has 0 spiro atoms. The summed E-state index contributed by atoms with van der Waals surface area (Å²) >= 11 is 1.75. The molecule has 0 fully saturated rings. The number of hydrogen-bond acceptors (Lipinski definition) is 2. The lowest BCUT2D eigenvalue weighted by Crippen LogP contribution is -1.82. The molecule has 0 saturated carbocycles. The summed E-state index contributed by atoms with van der Waals surface area (Å²) in [6, 6.07) is 16.4. The number of aromatic nitrogens is 1. The van der Waals surface area contributed by atoms with Crippen LogP contribution in [0.15, 0.2) is 64.5 Å². The number of nitrogen functional groups attached to an aromatic ring is 1. The van der Waals surface area contributed by atoms with Crippen LogP contribution in [0.1, 0.15) is 0 Å². The molecule has 1 aromatic heterocycles. The van der Waals surface area contributed by atoms with Crippen LogP contribution in [0.3, 0.4) is 0 Å². The predicted octanol–water partition coefficient (Wildman–Crippen LogP) is 3.90. The second kappa shape index (κ2) is 4.18. The van der Waals surface area contributed by atoms with Crippen LogP contribution in [0, 0.1) is 0 Å². The lowest BCUT2D eigenvalue weighted by atomic mass is 10.2. The van der Waals surface area contributed by atoms with E-state index in [4.69, 9.17) is 5.73 Å². The molecular weight excluding hydrogens is 228 g/mol. The minimum atomic E-state index is 0.801. The molecule has 0 saturated heterocycles. The summed E-state index contributed by atoms with van der Waals surface area (Å²) in [6.45, 7) is 0. The van der Waals surface area contributed by atoms with E-state index in [1.807, 2.05) is 30.5 Å². The van der Waals surface area contributed by atoms with Crippen molar-refractivity contribution in [3.8, 4) is 0 Å². The topological polar surface area (TPSA) is 41.8 Å². The van der Waals surface area contributed by atoms with E-state index in [2.05, 4.69) is 29.2 Å². The van der Waals surface area contributed by atoms with Crippen molar-refractivity contribution >= 4 is 28.4 Å². The van der Waals surface area contributed by atoms with E-state index < -0.39 is 0 Å². The Kier molecular flexibility index (Phi) is 2.53. The van der Waals surface area contributed by atoms with Crippen molar-refractivity contribution in [3.63, 3.8) is 0 Å². The minimum absolute atomic E-state index is 0.801. The van der Waals surface area contributed by atoms with Gasteiger partial charge in [-0.15, -0.1) is 0 Å². The zero-order chi connectivity index (χ0) is 11.7. The van der Waals surface area contributed by atoms with Crippen molar-refractivity contribution in [1.29, 1.82) is 0 Å². The largest absolute Gasteiger partial charge is 0.399 e. The summed E-state index contributed by atoms with van der Waals surface area (Å²) < 4.78 is 0. The van der Waals surface area contributed by atoms with E-state index in [-0.39, 0.29) is 0 Å². The van der Waals surface area contributed by atoms with E-state index in [9.17, 15) is 0 Å². The summed E-state index contributed by atoms with van der Waals surface area (Å²) in [7, 11) is 0. The fourth-order valence-corrected chi connectivity index (χ4v) is 2.63. The number of hydrogen-bond donors (Lipinski definition) is 2. The van der Waals surface area contributed by atoms with E-state index in [0.29, 0.717) is 0 Å². The van der Waals surface area contributed by atoms with Crippen LogP contribution in [-0.2, 0) is 0 Å². The molecule has 0 atom stereocenters. The van der Waals surface area contributed by atoms with Crippen LogP contribution in [0.2, 0.25) is 0 Å². The van der Waals surface area contributed by atoms with Crippen molar-refractivity contribution in [2.45, 2.75) is 9.79 Å². The molecule has 0 aliphatic carbocycles. The Hall–Kier alpha value is -1.87. The van der Waals surface area contributed by atoms with Crippen molar-refractivity contribution in [3.05, 3.63) is 54.7 Å². The summed E-state index contributed by atoms with van der Waals surface area (Å²) in [4.78, 5) is 5.63. The number of rotatable bonds is 2. The second-order valence-electron chi connectivity index (χ2n) is 3.90. The summed E-state index contributed by atoms with van der Waals surface area (Å²) in [5.41, 5.74) is 7.64. The highest BCUT2D eigenvalue weighted by Crippen LogP contribution is 2.30. The Morgan fingerprint density at radius 2 is 1.65 bits per heavy atom. The van der Waals surface area contributed by atoms with E-state index in [0.717, 1.165) is 5.69 Å². The maximum Gasteiger partial charge on any atom is 0.0454 e. The minimum Gasteiger partial charge on any atom is -0.399 e. The lowest BCUT2D eigenvalue weighted by molar-refractivity contribution is 1.42. The number of anilines is 1. The van der Waals surface area contributed by atoms with E-state index in [1.54, 1.807) is 11.8 Å². The average molecular weight is 240 g/mol. The van der Waals surface area contributed by atoms with Crippen LogP contribution < -0.4 is 5.73 Å². The van der Waals surface area contributed by atoms with Gasteiger partial charge in [0.05, 0.1) is 0 Å². The predicted molar refractivity (Wildman–Crippen MR) is 73.3 cm³/mol. The maximum atomic E-state index is 5.67. The number of fused-ring (bicyclic) bond motifs is 1. The number of aromatic amines is 1. The molecule has 3 heteroatoms. The van der Waals surface area contributed by atoms with Crippen molar-refractivity contribution in [1.82, 2.24) is 4.98 Å². The molecule has 17 heavy (non-hydrogen) atoms. The summed E-state index contributed by atoms with van der Waals surface area (Å²) in [5, 5.41) is 1.24. The first-order chi connectivity index (χ1) is 8.31. The van der Waals surface area contributed by atoms with E-state index in [1.165, 1.54) is 20.7 Å². The highest BCUT2D eigenvalue weighted by atomic mass is 32.2. The summed E-state index contributed by atoms with van der Waals surface area (Å²) in [6.07, 6.45) is 1.96. The van der Waals surface area contributed by atoms with Gasteiger partial charge in [0.1, 0.15) is 0 Å². The summed E-state index contributed by atoms with van der Waals surface area (Å²) in [5.74, 6) is 0. The fourth-order valence-electron chi connectivity index (χ4n) is 1.77. The van der Waals surface area contributed by atoms with Crippen molar-refractivity contribution in [2.24, 2.45) is 0 Å². The number of nitrogens with two attached hydrogens (primary N) is 1. The van der Waals surface area contributed by atoms with Crippen LogP contribution in [0.4, 0.5) is 5.69 Å². The molecule has 2 nitrogen and oxygen atoms in total. The van der Waals surface area contributed by atoms with Crippen molar-refractivity contribution < 1.29 is 0 Å². The Morgan fingerprint density at radius 3 is 2.47 bits per heavy atom. The second-order valence-corrected chi connectivity index (χ2v) is 5.04. The normalized spacial score (nSPS) is 10.8. The van der Waals surface area contributed by atoms with Crippen LogP contribution >= 0.6 is 11.8 Å². The van der Waals surface area contributed by atoms with Gasteiger partial charge in [0.25, 0.3) is 0 Å². The Balaban J connectivity index is 1.91. The molecular formula is C14H12N2S. The van der Waals surface area contributed by atoms with Gasteiger partial charge in [-0.1, -0.05) is 11.8 Å². The molecule has 0 aliphatic heterocycles. The molecule has 3 aromatic rings. The van der Waals surface area contributed by atoms with Crippen LogP contribution in [-0.4, -0.2) is 4.98 Å². The van der Waals surface area contributed by atoms with Crippen molar-refractivity contribution in [2.75, 3.05) is 5.73 Å².